The molecule has 5 rings (SSSR count). The zero-order chi connectivity index (χ0) is 18.9. The Hall–Kier alpha value is -3.55. The van der Waals surface area contributed by atoms with Crippen molar-refractivity contribution in [1.29, 1.82) is 0 Å². The molecule has 4 aromatic rings. The van der Waals surface area contributed by atoms with Crippen LogP contribution in [0.2, 0.25) is 0 Å². The van der Waals surface area contributed by atoms with Gasteiger partial charge in [0.05, 0.1) is 29.2 Å². The highest BCUT2D eigenvalue weighted by Gasteiger charge is 2.31. The van der Waals surface area contributed by atoms with E-state index in [-0.39, 0.29) is 11.9 Å². The molecular formula is C20H19N7O. The van der Waals surface area contributed by atoms with Crippen LogP contribution in [0.5, 0.6) is 0 Å². The van der Waals surface area contributed by atoms with E-state index in [2.05, 4.69) is 20.5 Å². The lowest BCUT2D eigenvalue weighted by atomic mass is 10.1. The quantitative estimate of drug-likeness (QED) is 0.593. The maximum absolute atomic E-state index is 13.0. The number of carbonyl (C=O) groups excluding carboxylic acids is 1. The first-order valence-electron chi connectivity index (χ1n) is 9.34. The first-order chi connectivity index (χ1) is 13.8. The third kappa shape index (κ3) is 3.02. The maximum atomic E-state index is 13.0. The molecule has 8 nitrogen and oxygen atoms in total. The summed E-state index contributed by atoms with van der Waals surface area (Å²) in [4.78, 5) is 23.0. The van der Waals surface area contributed by atoms with Gasteiger partial charge in [0.25, 0.3) is 0 Å². The van der Waals surface area contributed by atoms with E-state index in [1.54, 1.807) is 11.0 Å². The first kappa shape index (κ1) is 16.6. The summed E-state index contributed by atoms with van der Waals surface area (Å²) < 4.78 is 1.59. The Morgan fingerprint density at radius 2 is 2.00 bits per heavy atom. The van der Waals surface area contributed by atoms with Crippen LogP contribution in [-0.2, 0) is 11.2 Å². The molecule has 1 aliphatic heterocycles. The average molecular weight is 373 g/mol. The molecule has 8 heteroatoms. The van der Waals surface area contributed by atoms with Crippen LogP contribution < -0.4 is 0 Å². The van der Waals surface area contributed by atoms with Gasteiger partial charge in [-0.3, -0.25) is 4.79 Å². The molecule has 0 spiro atoms. The van der Waals surface area contributed by atoms with Crippen molar-refractivity contribution in [3.8, 4) is 5.69 Å². The number of para-hydroxylation sites is 2. The second-order valence-electron chi connectivity index (χ2n) is 6.98. The van der Waals surface area contributed by atoms with Gasteiger partial charge in [0.15, 0.2) is 0 Å². The van der Waals surface area contributed by atoms with E-state index >= 15 is 0 Å². The molecule has 1 atom stereocenters. The minimum absolute atomic E-state index is 0.0143. The second kappa shape index (κ2) is 6.88. The van der Waals surface area contributed by atoms with Crippen molar-refractivity contribution in [1.82, 2.24) is 35.1 Å². The van der Waals surface area contributed by atoms with Gasteiger partial charge in [-0.1, -0.05) is 24.3 Å². The molecule has 28 heavy (non-hydrogen) atoms. The van der Waals surface area contributed by atoms with Gasteiger partial charge >= 0.3 is 0 Å². The molecule has 140 valence electrons. The normalized spacial score (nSPS) is 16.7. The highest BCUT2D eigenvalue weighted by Crippen LogP contribution is 2.32. The molecule has 2 aromatic carbocycles. The van der Waals surface area contributed by atoms with E-state index in [1.165, 1.54) is 0 Å². The van der Waals surface area contributed by atoms with Crippen molar-refractivity contribution in [3.63, 3.8) is 0 Å². The lowest BCUT2D eigenvalue weighted by molar-refractivity contribution is -0.131. The Labute approximate surface area is 161 Å². The predicted octanol–water partition coefficient (Wildman–Crippen LogP) is 2.44. The zero-order valence-corrected chi connectivity index (χ0v) is 15.2. The van der Waals surface area contributed by atoms with Gasteiger partial charge in [-0.25, -0.2) is 9.67 Å². The number of hydrogen-bond acceptors (Lipinski definition) is 5. The van der Waals surface area contributed by atoms with Crippen LogP contribution in [0.15, 0.2) is 54.9 Å². The van der Waals surface area contributed by atoms with Crippen LogP contribution in [0.3, 0.4) is 0 Å². The lowest BCUT2D eigenvalue weighted by Crippen LogP contribution is -2.32. The topological polar surface area (TPSA) is 92.6 Å². The van der Waals surface area contributed by atoms with Crippen molar-refractivity contribution in [2.45, 2.75) is 25.3 Å². The van der Waals surface area contributed by atoms with E-state index < -0.39 is 0 Å². The summed E-state index contributed by atoms with van der Waals surface area (Å²) in [5.74, 6) is 0.999. The number of hydrogen-bond donors (Lipinski definition) is 1. The molecule has 0 radical (unpaired) electrons. The average Bonchev–Trinajstić information content (AvgIpc) is 3.48. The van der Waals surface area contributed by atoms with Gasteiger partial charge in [-0.15, -0.1) is 5.10 Å². The summed E-state index contributed by atoms with van der Waals surface area (Å²) in [6.45, 7) is 0.767. The molecular weight excluding hydrogens is 354 g/mol. The summed E-state index contributed by atoms with van der Waals surface area (Å²) in [6, 6.07) is 15.7. The fraction of sp³-hybridized carbons (Fsp3) is 0.250. The molecule has 1 saturated heterocycles. The maximum Gasteiger partial charge on any atom is 0.227 e. The second-order valence-corrected chi connectivity index (χ2v) is 6.98. The third-order valence-electron chi connectivity index (χ3n) is 5.20. The van der Waals surface area contributed by atoms with Crippen LogP contribution in [0.4, 0.5) is 0 Å². The van der Waals surface area contributed by atoms with Gasteiger partial charge < -0.3 is 9.88 Å². The Balaban J connectivity index is 1.32. The van der Waals surface area contributed by atoms with E-state index in [0.29, 0.717) is 6.42 Å². The Bertz CT molecular complexity index is 1070. The number of benzene rings is 2. The van der Waals surface area contributed by atoms with Gasteiger partial charge in [0.2, 0.25) is 5.91 Å². The summed E-state index contributed by atoms with van der Waals surface area (Å²) in [5, 5.41) is 11.1. The standard InChI is InChI=1S/C20H19N7O/c28-19(12-14-7-9-15(10-8-14)27-13-21-24-25-27)26-11-3-6-18(26)20-22-16-4-1-2-5-17(16)23-20/h1-2,4-5,7-10,13,18H,3,6,11-12H2,(H,22,23)/t18-/m0/s1. The molecule has 0 saturated carbocycles. The SMILES string of the molecule is O=C(Cc1ccc(-n2cnnn2)cc1)N1CCC[C@H]1c1nc2ccccc2[nH]1. The zero-order valence-electron chi connectivity index (χ0n) is 15.2. The Morgan fingerprint density at radius 3 is 2.79 bits per heavy atom. The largest absolute Gasteiger partial charge is 0.340 e. The number of aromatic amines is 1. The molecule has 0 aliphatic carbocycles. The Morgan fingerprint density at radius 1 is 1.14 bits per heavy atom. The molecule has 1 amide bonds. The molecule has 0 unspecified atom stereocenters. The summed E-state index contributed by atoms with van der Waals surface area (Å²) in [7, 11) is 0. The number of imidazole rings is 1. The van der Waals surface area contributed by atoms with Crippen LogP contribution in [0, 0.1) is 0 Å². The van der Waals surface area contributed by atoms with E-state index in [9.17, 15) is 4.79 Å². The number of nitrogens with zero attached hydrogens (tertiary/aromatic N) is 6. The van der Waals surface area contributed by atoms with Crippen LogP contribution in [-0.4, -0.2) is 47.5 Å². The van der Waals surface area contributed by atoms with Crippen molar-refractivity contribution in [3.05, 3.63) is 66.2 Å². The van der Waals surface area contributed by atoms with Crippen LogP contribution in [0.1, 0.15) is 30.3 Å². The van der Waals surface area contributed by atoms with Crippen LogP contribution in [0.25, 0.3) is 16.7 Å². The smallest absolute Gasteiger partial charge is 0.227 e. The van der Waals surface area contributed by atoms with E-state index in [1.807, 2.05) is 53.4 Å². The minimum atomic E-state index is 0.0143. The number of fused-ring (bicyclic) bond motifs is 1. The number of nitrogens with one attached hydrogen (secondary N) is 1. The van der Waals surface area contributed by atoms with Crippen molar-refractivity contribution in [2.24, 2.45) is 0 Å². The number of aromatic nitrogens is 6. The van der Waals surface area contributed by atoms with E-state index in [4.69, 9.17) is 4.98 Å². The molecule has 0 bridgehead atoms. The summed E-state index contributed by atoms with van der Waals surface area (Å²) in [5.41, 5.74) is 3.78. The molecule has 1 fully saturated rings. The summed E-state index contributed by atoms with van der Waals surface area (Å²) >= 11 is 0. The van der Waals surface area contributed by atoms with Crippen molar-refractivity contribution >= 4 is 16.9 Å². The van der Waals surface area contributed by atoms with Crippen molar-refractivity contribution in [2.75, 3.05) is 6.54 Å². The third-order valence-corrected chi connectivity index (χ3v) is 5.20. The first-order valence-corrected chi connectivity index (χ1v) is 9.34. The van der Waals surface area contributed by atoms with Crippen LogP contribution >= 0.6 is 0 Å². The number of H-pyrrole nitrogens is 1. The summed E-state index contributed by atoms with van der Waals surface area (Å²) in [6.07, 6.45) is 3.84. The predicted molar refractivity (Wildman–Crippen MR) is 103 cm³/mol. The Kier molecular flexibility index (Phi) is 4.08. The van der Waals surface area contributed by atoms with Gasteiger partial charge in [0.1, 0.15) is 12.2 Å². The highest BCUT2D eigenvalue weighted by molar-refractivity contribution is 5.80. The number of amides is 1. The fourth-order valence-corrected chi connectivity index (χ4v) is 3.80. The number of carbonyl (C=O) groups is 1. The monoisotopic (exact) mass is 373 g/mol. The highest BCUT2D eigenvalue weighted by atomic mass is 16.2. The van der Waals surface area contributed by atoms with Crippen molar-refractivity contribution < 1.29 is 4.79 Å². The fourth-order valence-electron chi connectivity index (χ4n) is 3.80. The number of tetrazole rings is 1. The van der Waals surface area contributed by atoms with Gasteiger partial charge in [-0.2, -0.15) is 0 Å². The molecule has 1 aliphatic rings. The minimum Gasteiger partial charge on any atom is -0.340 e. The van der Waals surface area contributed by atoms with Gasteiger partial charge in [0, 0.05) is 6.54 Å². The molecule has 3 heterocycles. The number of likely N-dealkylation sites (tertiary alicyclic amines) is 1. The molecule has 2 aromatic heterocycles. The number of rotatable bonds is 4. The van der Waals surface area contributed by atoms with E-state index in [0.717, 1.165) is 47.5 Å². The lowest BCUT2D eigenvalue weighted by Gasteiger charge is -2.23. The van der Waals surface area contributed by atoms with Gasteiger partial charge in [-0.05, 0) is 53.1 Å². The molecule has 1 N–H and O–H groups in total.